The molecule has 0 heterocycles. The van der Waals surface area contributed by atoms with Gasteiger partial charge in [-0.25, -0.2) is 14.4 Å². The van der Waals surface area contributed by atoms with Gasteiger partial charge < -0.3 is 18.9 Å². The minimum Gasteiger partial charge on any atom is -0.494 e. The molecule has 35 heavy (non-hydrogen) atoms. The van der Waals surface area contributed by atoms with Crippen LogP contribution in [0.5, 0.6) is 5.75 Å². The summed E-state index contributed by atoms with van der Waals surface area (Å²) < 4.78 is 20.8. The molecule has 0 bridgehead atoms. The van der Waals surface area contributed by atoms with Crippen molar-refractivity contribution in [1.82, 2.24) is 0 Å². The average Bonchev–Trinajstić information content (AvgIpc) is 2.85. The normalized spacial score (nSPS) is 10.3. The topological polar surface area (TPSA) is 88.1 Å². The zero-order valence-corrected chi connectivity index (χ0v) is 19.7. The molecule has 0 spiro atoms. The van der Waals surface area contributed by atoms with Crippen LogP contribution in [0.2, 0.25) is 0 Å². The van der Waals surface area contributed by atoms with E-state index in [-0.39, 0.29) is 11.5 Å². The van der Waals surface area contributed by atoms with E-state index in [2.05, 4.69) is 19.7 Å². The Morgan fingerprint density at radius 2 is 1.26 bits per heavy atom. The van der Waals surface area contributed by atoms with Crippen molar-refractivity contribution in [2.45, 2.75) is 19.8 Å². The molecule has 182 valence electrons. The summed E-state index contributed by atoms with van der Waals surface area (Å²) in [7, 11) is 0. The third kappa shape index (κ3) is 9.96. The van der Waals surface area contributed by atoms with Crippen molar-refractivity contribution < 1.29 is 33.3 Å². The fraction of sp³-hybridized carbons (Fsp3) is 0.179. The lowest BCUT2D eigenvalue weighted by atomic mass is 10.1. The maximum atomic E-state index is 12.3. The molecule has 7 nitrogen and oxygen atoms in total. The fourth-order valence-corrected chi connectivity index (χ4v) is 2.61. The molecule has 2 aromatic carbocycles. The van der Waals surface area contributed by atoms with Gasteiger partial charge in [-0.2, -0.15) is 0 Å². The molecule has 7 heteroatoms. The Kier molecular flexibility index (Phi) is 10.7. The maximum Gasteiger partial charge on any atom is 0.343 e. The molecule has 0 aromatic heterocycles. The van der Waals surface area contributed by atoms with Gasteiger partial charge >= 0.3 is 17.9 Å². The lowest BCUT2D eigenvalue weighted by Gasteiger charge is -2.08. The molecule has 0 aliphatic rings. The van der Waals surface area contributed by atoms with Gasteiger partial charge in [-0.3, -0.25) is 0 Å². The van der Waals surface area contributed by atoms with Gasteiger partial charge in [0.05, 0.1) is 24.3 Å². The Bertz CT molecular complexity index is 1090. The molecular formula is C28H28O7. The monoisotopic (exact) mass is 476 g/mol. The van der Waals surface area contributed by atoms with Crippen molar-refractivity contribution >= 4 is 17.9 Å². The summed E-state index contributed by atoms with van der Waals surface area (Å²) in [6, 6.07) is 13.4. The smallest absolute Gasteiger partial charge is 0.343 e. The van der Waals surface area contributed by atoms with Gasteiger partial charge in [-0.1, -0.05) is 37.4 Å². The third-order valence-electron chi connectivity index (χ3n) is 4.50. The molecule has 2 rings (SSSR count). The van der Waals surface area contributed by atoms with E-state index in [1.807, 2.05) is 19.1 Å². The summed E-state index contributed by atoms with van der Waals surface area (Å²) >= 11 is 0. The highest BCUT2D eigenvalue weighted by Crippen LogP contribution is 2.15. The average molecular weight is 477 g/mol. The summed E-state index contributed by atoms with van der Waals surface area (Å²) in [4.78, 5) is 35.3. The van der Waals surface area contributed by atoms with Crippen molar-refractivity contribution in [3.8, 4) is 5.75 Å². The lowest BCUT2D eigenvalue weighted by molar-refractivity contribution is -0.137. The molecular weight excluding hydrogens is 448 g/mol. The fourth-order valence-electron chi connectivity index (χ4n) is 2.61. The zero-order chi connectivity index (χ0) is 25.6. The number of hydrogen-bond acceptors (Lipinski definition) is 7. The first-order chi connectivity index (χ1) is 16.8. The summed E-state index contributed by atoms with van der Waals surface area (Å²) in [5.41, 5.74) is 1.74. The molecule has 0 aliphatic carbocycles. The van der Waals surface area contributed by atoms with Crippen LogP contribution in [0, 0.1) is 6.92 Å². The first-order valence-electron chi connectivity index (χ1n) is 10.9. The van der Waals surface area contributed by atoms with Gasteiger partial charge in [0.1, 0.15) is 17.3 Å². The predicted octanol–water partition coefficient (Wildman–Crippen LogP) is 5.48. The van der Waals surface area contributed by atoms with Crippen LogP contribution in [-0.2, 0) is 19.0 Å². The van der Waals surface area contributed by atoms with Crippen LogP contribution in [0.1, 0.15) is 39.1 Å². The van der Waals surface area contributed by atoms with Crippen LogP contribution < -0.4 is 4.74 Å². The van der Waals surface area contributed by atoms with Gasteiger partial charge in [-0.15, -0.1) is 0 Å². The highest BCUT2D eigenvalue weighted by molar-refractivity contribution is 5.91. The minimum atomic E-state index is -0.600. The van der Waals surface area contributed by atoms with Crippen molar-refractivity contribution in [3.05, 3.63) is 115 Å². The molecule has 0 radical (unpaired) electrons. The van der Waals surface area contributed by atoms with E-state index >= 15 is 0 Å². The van der Waals surface area contributed by atoms with Crippen LogP contribution in [0.15, 0.2) is 98.0 Å². The lowest BCUT2D eigenvalue weighted by Crippen LogP contribution is -2.05. The van der Waals surface area contributed by atoms with Crippen molar-refractivity contribution in [2.24, 2.45) is 0 Å². The van der Waals surface area contributed by atoms with Crippen molar-refractivity contribution in [3.63, 3.8) is 0 Å². The van der Waals surface area contributed by atoms with E-state index in [9.17, 15) is 14.4 Å². The predicted molar refractivity (Wildman–Crippen MR) is 132 cm³/mol. The summed E-state index contributed by atoms with van der Waals surface area (Å²) in [6.07, 6.45) is 5.25. The second-order valence-corrected chi connectivity index (χ2v) is 7.36. The van der Waals surface area contributed by atoms with Gasteiger partial charge in [0.2, 0.25) is 0 Å². The molecule has 0 N–H and O–H groups in total. The maximum absolute atomic E-state index is 12.3. The molecule has 0 saturated carbocycles. The number of hydrogen-bond donors (Lipinski definition) is 0. The van der Waals surface area contributed by atoms with E-state index in [0.717, 1.165) is 11.6 Å². The molecule has 0 aliphatic heterocycles. The van der Waals surface area contributed by atoms with E-state index < -0.39 is 17.9 Å². The Labute approximate surface area is 205 Å². The summed E-state index contributed by atoms with van der Waals surface area (Å²) in [5, 5.41) is 0. The van der Waals surface area contributed by atoms with Gasteiger partial charge in [0, 0.05) is 6.08 Å². The molecule has 0 saturated heterocycles. The second-order valence-electron chi connectivity index (χ2n) is 7.36. The highest BCUT2D eigenvalue weighted by atomic mass is 16.5. The van der Waals surface area contributed by atoms with Crippen molar-refractivity contribution in [2.75, 3.05) is 13.2 Å². The SMILES string of the molecule is C=CC(=O)OCCCCOc1ccc(C(=O)OC(=C)/C=C\C(=C)OC(=O)c2ccc(C)cc2)cc1. The number of benzene rings is 2. The number of aryl methyl sites for hydroxylation is 1. The third-order valence-corrected chi connectivity index (χ3v) is 4.50. The number of rotatable bonds is 13. The van der Waals surface area contributed by atoms with Crippen LogP contribution in [0.3, 0.4) is 0 Å². The Balaban J connectivity index is 1.73. The van der Waals surface area contributed by atoms with Crippen LogP contribution in [0.25, 0.3) is 0 Å². The van der Waals surface area contributed by atoms with Gasteiger partial charge in [0.25, 0.3) is 0 Å². The summed E-state index contributed by atoms with van der Waals surface area (Å²) in [5.74, 6) is -0.862. The number of allylic oxidation sites excluding steroid dienone is 2. The van der Waals surface area contributed by atoms with Crippen LogP contribution in [0.4, 0.5) is 0 Å². The second kappa shape index (κ2) is 14.0. The molecule has 0 atom stereocenters. The van der Waals surface area contributed by atoms with E-state index in [4.69, 9.17) is 18.9 Å². The van der Waals surface area contributed by atoms with Gasteiger partial charge in [-0.05, 0) is 68.3 Å². The first-order valence-corrected chi connectivity index (χ1v) is 10.9. The number of unbranched alkanes of at least 4 members (excludes halogenated alkanes) is 1. The Morgan fingerprint density at radius 3 is 1.77 bits per heavy atom. The summed E-state index contributed by atoms with van der Waals surface area (Å²) in [6.45, 7) is 13.3. The van der Waals surface area contributed by atoms with E-state index in [1.54, 1.807) is 36.4 Å². The zero-order valence-electron chi connectivity index (χ0n) is 19.7. The molecule has 0 fully saturated rings. The van der Waals surface area contributed by atoms with Crippen LogP contribution in [-0.4, -0.2) is 31.1 Å². The Morgan fingerprint density at radius 1 is 0.771 bits per heavy atom. The number of esters is 3. The molecule has 0 unspecified atom stereocenters. The molecule has 2 aromatic rings. The van der Waals surface area contributed by atoms with Gasteiger partial charge in [0.15, 0.2) is 0 Å². The van der Waals surface area contributed by atoms with E-state index in [1.165, 1.54) is 12.2 Å². The largest absolute Gasteiger partial charge is 0.494 e. The number of ether oxygens (including phenoxy) is 4. The van der Waals surface area contributed by atoms with E-state index in [0.29, 0.717) is 42.9 Å². The molecule has 0 amide bonds. The number of carbonyl (C=O) groups is 3. The standard InChI is InChI=1S/C28H28O7/c1-5-26(29)33-19-7-6-18-32-25-16-14-24(15-17-25)28(31)35-22(4)11-10-21(3)34-27(30)23-12-8-20(2)9-13-23/h5,8-17H,1,3-4,6-7,18-19H2,2H3/b11-10-. The number of carbonyl (C=O) groups excluding carboxylic acids is 3. The highest BCUT2D eigenvalue weighted by Gasteiger charge is 2.10. The van der Waals surface area contributed by atoms with Crippen LogP contribution >= 0.6 is 0 Å². The Hall–Kier alpha value is -4.39. The first kappa shape index (κ1) is 26.9. The minimum absolute atomic E-state index is 0.0556. The van der Waals surface area contributed by atoms with Crippen molar-refractivity contribution in [1.29, 1.82) is 0 Å². The quantitative estimate of drug-likeness (QED) is 0.0944.